The number of carbonyl (C=O) groups excluding carboxylic acids is 2. The van der Waals surface area contributed by atoms with Crippen LogP contribution in [0.1, 0.15) is 34.1 Å². The lowest BCUT2D eigenvalue weighted by molar-refractivity contribution is -0.173. The van der Waals surface area contributed by atoms with E-state index in [0.717, 1.165) is 0 Å². The summed E-state index contributed by atoms with van der Waals surface area (Å²) in [6.07, 6.45) is -0.821. The minimum Gasteiger partial charge on any atom is -0.466 e. The molecule has 0 aromatic carbocycles. The van der Waals surface area contributed by atoms with Crippen molar-refractivity contribution in [2.45, 2.75) is 40.4 Å². The SMILES string of the molecule is CCOC(=O)CC(=O)C(C)C(OCC)OCC. The number of esters is 1. The molecule has 0 aliphatic rings. The van der Waals surface area contributed by atoms with Crippen LogP contribution >= 0.6 is 0 Å². The average molecular weight is 246 g/mol. The first-order valence-corrected chi connectivity index (χ1v) is 5.98. The van der Waals surface area contributed by atoms with Crippen molar-refractivity contribution in [3.8, 4) is 0 Å². The van der Waals surface area contributed by atoms with Crippen LogP contribution < -0.4 is 0 Å². The zero-order valence-corrected chi connectivity index (χ0v) is 11.0. The first-order valence-electron chi connectivity index (χ1n) is 5.98. The Morgan fingerprint density at radius 1 is 1.00 bits per heavy atom. The van der Waals surface area contributed by atoms with E-state index in [1.54, 1.807) is 13.8 Å². The Hall–Kier alpha value is -0.940. The third-order valence-electron chi connectivity index (χ3n) is 2.20. The van der Waals surface area contributed by atoms with E-state index < -0.39 is 18.2 Å². The van der Waals surface area contributed by atoms with Gasteiger partial charge in [-0.25, -0.2) is 0 Å². The summed E-state index contributed by atoms with van der Waals surface area (Å²) in [6.45, 7) is 8.25. The molecule has 0 bridgehead atoms. The van der Waals surface area contributed by atoms with Crippen molar-refractivity contribution in [3.63, 3.8) is 0 Å². The molecule has 0 saturated heterocycles. The summed E-state index contributed by atoms with van der Waals surface area (Å²) in [6, 6.07) is 0. The molecule has 0 heterocycles. The molecule has 1 unspecified atom stereocenters. The highest BCUT2D eigenvalue weighted by atomic mass is 16.7. The van der Waals surface area contributed by atoms with E-state index in [4.69, 9.17) is 14.2 Å². The van der Waals surface area contributed by atoms with Crippen LogP contribution in [0.2, 0.25) is 0 Å². The number of Topliss-reactive ketones (excluding diaryl/α,β-unsaturated/α-hetero) is 1. The maximum atomic E-state index is 11.8. The monoisotopic (exact) mass is 246 g/mol. The van der Waals surface area contributed by atoms with Crippen molar-refractivity contribution >= 4 is 11.8 Å². The molecule has 0 aromatic rings. The zero-order chi connectivity index (χ0) is 13.3. The second-order valence-electron chi connectivity index (χ2n) is 3.52. The Kier molecular flexibility index (Phi) is 8.62. The minimum atomic E-state index is -0.591. The van der Waals surface area contributed by atoms with Crippen LogP contribution in [0.4, 0.5) is 0 Å². The first-order chi connectivity index (χ1) is 8.06. The van der Waals surface area contributed by atoms with Crippen molar-refractivity contribution in [2.75, 3.05) is 19.8 Å². The number of ether oxygens (including phenoxy) is 3. The number of hydrogen-bond acceptors (Lipinski definition) is 5. The van der Waals surface area contributed by atoms with E-state index in [0.29, 0.717) is 13.2 Å². The van der Waals surface area contributed by atoms with E-state index in [1.807, 2.05) is 13.8 Å². The summed E-state index contributed by atoms with van der Waals surface area (Å²) in [5, 5.41) is 0. The third-order valence-corrected chi connectivity index (χ3v) is 2.20. The average Bonchev–Trinajstić information content (AvgIpc) is 2.28. The van der Waals surface area contributed by atoms with E-state index in [-0.39, 0.29) is 18.8 Å². The van der Waals surface area contributed by atoms with Crippen LogP contribution in [0.15, 0.2) is 0 Å². The normalized spacial score (nSPS) is 12.5. The molecule has 0 amide bonds. The molecule has 0 aromatic heterocycles. The molecular formula is C12H22O5. The molecule has 0 aliphatic heterocycles. The van der Waals surface area contributed by atoms with Crippen LogP contribution in [0.3, 0.4) is 0 Å². The van der Waals surface area contributed by atoms with Crippen molar-refractivity contribution in [1.29, 1.82) is 0 Å². The maximum Gasteiger partial charge on any atom is 0.313 e. The van der Waals surface area contributed by atoms with Gasteiger partial charge in [-0.05, 0) is 20.8 Å². The van der Waals surface area contributed by atoms with Gasteiger partial charge in [0, 0.05) is 13.2 Å². The van der Waals surface area contributed by atoms with Crippen molar-refractivity contribution in [3.05, 3.63) is 0 Å². The summed E-state index contributed by atoms with van der Waals surface area (Å²) in [5.41, 5.74) is 0. The largest absolute Gasteiger partial charge is 0.466 e. The lowest BCUT2D eigenvalue weighted by atomic mass is 10.0. The molecule has 1 atom stereocenters. The van der Waals surface area contributed by atoms with Crippen LogP contribution in [0.5, 0.6) is 0 Å². The molecule has 0 radical (unpaired) electrons. The predicted molar refractivity (Wildman–Crippen MR) is 62.5 cm³/mol. The minimum absolute atomic E-state index is 0.227. The molecule has 17 heavy (non-hydrogen) atoms. The van der Waals surface area contributed by atoms with Gasteiger partial charge in [0.1, 0.15) is 6.42 Å². The van der Waals surface area contributed by atoms with Crippen molar-refractivity contribution < 1.29 is 23.8 Å². The molecule has 100 valence electrons. The molecule has 5 heteroatoms. The van der Waals surface area contributed by atoms with Crippen LogP contribution in [0.25, 0.3) is 0 Å². The van der Waals surface area contributed by atoms with Gasteiger partial charge in [0.15, 0.2) is 12.1 Å². The Morgan fingerprint density at radius 2 is 1.53 bits per heavy atom. The zero-order valence-electron chi connectivity index (χ0n) is 11.0. The Balaban J connectivity index is 4.28. The summed E-state index contributed by atoms with van der Waals surface area (Å²) in [4.78, 5) is 22.9. The van der Waals surface area contributed by atoms with E-state index in [2.05, 4.69) is 0 Å². The topological polar surface area (TPSA) is 61.8 Å². The Morgan fingerprint density at radius 3 is 1.94 bits per heavy atom. The van der Waals surface area contributed by atoms with Gasteiger partial charge < -0.3 is 14.2 Å². The summed E-state index contributed by atoms with van der Waals surface area (Å²) < 4.78 is 15.3. The molecule has 0 spiro atoms. The van der Waals surface area contributed by atoms with Gasteiger partial charge in [0.05, 0.1) is 12.5 Å². The van der Waals surface area contributed by atoms with Crippen molar-refractivity contribution in [2.24, 2.45) is 5.92 Å². The standard InChI is InChI=1S/C12H22O5/c1-5-15-11(14)8-10(13)9(4)12(16-6-2)17-7-3/h9,12H,5-8H2,1-4H3. The fourth-order valence-corrected chi connectivity index (χ4v) is 1.33. The first kappa shape index (κ1) is 16.1. The highest BCUT2D eigenvalue weighted by Crippen LogP contribution is 2.13. The highest BCUT2D eigenvalue weighted by Gasteiger charge is 2.26. The van der Waals surface area contributed by atoms with Gasteiger partial charge in [-0.15, -0.1) is 0 Å². The molecular weight excluding hydrogens is 224 g/mol. The second kappa shape index (κ2) is 9.13. The molecule has 0 fully saturated rings. The van der Waals surface area contributed by atoms with Gasteiger partial charge in [-0.2, -0.15) is 0 Å². The van der Waals surface area contributed by atoms with Crippen LogP contribution in [-0.4, -0.2) is 37.9 Å². The van der Waals surface area contributed by atoms with Gasteiger partial charge in [-0.3, -0.25) is 9.59 Å². The number of ketones is 1. The molecule has 0 aliphatic carbocycles. The molecule has 5 nitrogen and oxygen atoms in total. The van der Waals surface area contributed by atoms with Gasteiger partial charge in [0.2, 0.25) is 0 Å². The summed E-state index contributed by atoms with van der Waals surface area (Å²) >= 11 is 0. The predicted octanol–water partition coefficient (Wildman–Crippen LogP) is 1.54. The molecule has 0 rings (SSSR count). The second-order valence-corrected chi connectivity index (χ2v) is 3.52. The van der Waals surface area contributed by atoms with Crippen LogP contribution in [-0.2, 0) is 23.8 Å². The highest BCUT2D eigenvalue weighted by molar-refractivity contribution is 5.96. The van der Waals surface area contributed by atoms with E-state index >= 15 is 0 Å². The number of hydrogen-bond donors (Lipinski definition) is 0. The summed E-state index contributed by atoms with van der Waals surface area (Å²) in [7, 11) is 0. The molecule has 0 N–H and O–H groups in total. The van der Waals surface area contributed by atoms with E-state index in [9.17, 15) is 9.59 Å². The fraction of sp³-hybridized carbons (Fsp3) is 0.833. The lowest BCUT2D eigenvalue weighted by Gasteiger charge is -2.22. The maximum absolute atomic E-state index is 11.8. The van der Waals surface area contributed by atoms with Crippen LogP contribution in [0, 0.1) is 5.92 Å². The van der Waals surface area contributed by atoms with Crippen molar-refractivity contribution in [1.82, 2.24) is 0 Å². The lowest BCUT2D eigenvalue weighted by Crippen LogP contribution is -2.32. The fourth-order valence-electron chi connectivity index (χ4n) is 1.33. The smallest absolute Gasteiger partial charge is 0.313 e. The van der Waals surface area contributed by atoms with E-state index in [1.165, 1.54) is 0 Å². The third kappa shape index (κ3) is 6.38. The van der Waals surface area contributed by atoms with Gasteiger partial charge in [-0.1, -0.05) is 6.92 Å². The number of rotatable bonds is 9. The molecule has 0 saturated carbocycles. The quantitative estimate of drug-likeness (QED) is 0.351. The van der Waals surface area contributed by atoms with Gasteiger partial charge in [0.25, 0.3) is 0 Å². The summed E-state index contributed by atoms with van der Waals surface area (Å²) in [5.74, 6) is -1.20. The Labute approximate surface area is 102 Å². The van der Waals surface area contributed by atoms with Gasteiger partial charge >= 0.3 is 5.97 Å². The Bertz CT molecular complexity index is 233. The number of carbonyl (C=O) groups is 2.